The second kappa shape index (κ2) is 6.51. The molecule has 1 aliphatic rings. The van der Waals surface area contributed by atoms with Crippen LogP contribution in [0.1, 0.15) is 33.1 Å². The highest BCUT2D eigenvalue weighted by Crippen LogP contribution is 2.23. The number of hydrogen-bond donors (Lipinski definition) is 2. The van der Waals surface area contributed by atoms with Gasteiger partial charge in [0.05, 0.1) is 0 Å². The fraction of sp³-hybridized carbons (Fsp3) is 0.588. The summed E-state index contributed by atoms with van der Waals surface area (Å²) in [5, 5.41) is 3.40. The van der Waals surface area contributed by atoms with Gasteiger partial charge in [0.1, 0.15) is 0 Å². The number of imidazole rings is 1. The molecule has 8 nitrogen and oxygen atoms in total. The Morgan fingerprint density at radius 1 is 1.28 bits per heavy atom. The van der Waals surface area contributed by atoms with Crippen LogP contribution in [0.2, 0.25) is 0 Å². The summed E-state index contributed by atoms with van der Waals surface area (Å²) in [5.74, 6) is 0.591. The molecule has 8 heteroatoms. The molecule has 2 atom stereocenters. The minimum Gasteiger partial charge on any atom is -0.351 e. The number of aryl methyl sites for hydroxylation is 1. The third kappa shape index (κ3) is 3.02. The summed E-state index contributed by atoms with van der Waals surface area (Å²) in [6.45, 7) is 4.52. The van der Waals surface area contributed by atoms with Crippen molar-refractivity contribution >= 4 is 17.1 Å². The standard InChI is InChI=1S/C17H26N6O2/c1-10(2)8-9-23-13-14(21(3)17(25)22(4)15(13)24)20-16(23)19-12-7-5-6-11(12)18/h8,11-12H,5-7,9,18H2,1-4H3,(H,19,20)/t11-,12-/m1/s1. The maximum Gasteiger partial charge on any atom is 0.332 e. The van der Waals surface area contributed by atoms with Crippen molar-refractivity contribution in [2.24, 2.45) is 19.8 Å². The topological polar surface area (TPSA) is 99.9 Å². The van der Waals surface area contributed by atoms with E-state index in [9.17, 15) is 9.59 Å². The lowest BCUT2D eigenvalue weighted by Gasteiger charge is -2.18. The number of nitrogens with two attached hydrogens (primary N) is 1. The van der Waals surface area contributed by atoms with Gasteiger partial charge in [-0.1, -0.05) is 11.6 Å². The predicted molar refractivity (Wildman–Crippen MR) is 98.9 cm³/mol. The molecule has 1 saturated carbocycles. The third-order valence-electron chi connectivity index (χ3n) is 4.91. The van der Waals surface area contributed by atoms with Gasteiger partial charge in [0.25, 0.3) is 5.56 Å². The number of anilines is 1. The van der Waals surface area contributed by atoms with Crippen LogP contribution in [0.25, 0.3) is 11.2 Å². The van der Waals surface area contributed by atoms with Crippen molar-refractivity contribution in [3.63, 3.8) is 0 Å². The van der Waals surface area contributed by atoms with E-state index >= 15 is 0 Å². The predicted octanol–water partition coefficient (Wildman–Crippen LogP) is 0.692. The zero-order valence-corrected chi connectivity index (χ0v) is 15.2. The molecule has 2 aromatic heterocycles. The molecule has 3 rings (SSSR count). The minimum absolute atomic E-state index is 0.0726. The smallest absolute Gasteiger partial charge is 0.332 e. The molecule has 2 aromatic rings. The van der Waals surface area contributed by atoms with Crippen molar-refractivity contribution < 1.29 is 0 Å². The summed E-state index contributed by atoms with van der Waals surface area (Å²) in [5.41, 5.74) is 7.42. The van der Waals surface area contributed by atoms with Gasteiger partial charge in [-0.25, -0.2) is 4.79 Å². The lowest BCUT2D eigenvalue weighted by Crippen LogP contribution is -2.37. The van der Waals surface area contributed by atoms with Crippen molar-refractivity contribution in [1.29, 1.82) is 0 Å². The van der Waals surface area contributed by atoms with Crippen LogP contribution in [0, 0.1) is 0 Å². The van der Waals surface area contributed by atoms with Crippen molar-refractivity contribution in [3.05, 3.63) is 32.5 Å². The van der Waals surface area contributed by atoms with Crippen molar-refractivity contribution in [2.45, 2.75) is 51.7 Å². The molecular weight excluding hydrogens is 320 g/mol. The fourth-order valence-corrected chi connectivity index (χ4v) is 3.34. The van der Waals surface area contributed by atoms with Crippen molar-refractivity contribution in [1.82, 2.24) is 18.7 Å². The Bertz CT molecular complexity index is 945. The lowest BCUT2D eigenvalue weighted by atomic mass is 10.2. The van der Waals surface area contributed by atoms with E-state index in [0.717, 1.165) is 29.4 Å². The molecule has 136 valence electrons. The molecule has 0 aromatic carbocycles. The summed E-state index contributed by atoms with van der Waals surface area (Å²) in [7, 11) is 3.12. The van der Waals surface area contributed by atoms with Gasteiger partial charge in [-0.3, -0.25) is 13.9 Å². The molecule has 0 bridgehead atoms. The molecule has 0 unspecified atom stereocenters. The molecule has 0 saturated heterocycles. The van der Waals surface area contributed by atoms with Gasteiger partial charge in [0.2, 0.25) is 5.95 Å². The Kier molecular flexibility index (Phi) is 4.55. The Morgan fingerprint density at radius 2 is 2.00 bits per heavy atom. The molecule has 1 fully saturated rings. The molecule has 0 aliphatic heterocycles. The van der Waals surface area contributed by atoms with E-state index in [1.807, 2.05) is 24.5 Å². The van der Waals surface area contributed by atoms with E-state index in [2.05, 4.69) is 10.3 Å². The van der Waals surface area contributed by atoms with Crippen LogP contribution in [-0.4, -0.2) is 30.8 Å². The summed E-state index contributed by atoms with van der Waals surface area (Å²) >= 11 is 0. The van der Waals surface area contributed by atoms with E-state index in [-0.39, 0.29) is 23.3 Å². The van der Waals surface area contributed by atoms with Gasteiger partial charge in [-0.2, -0.15) is 4.98 Å². The molecule has 2 heterocycles. The van der Waals surface area contributed by atoms with Crippen LogP contribution in [0.5, 0.6) is 0 Å². The molecule has 0 amide bonds. The molecule has 3 N–H and O–H groups in total. The second-order valence-electron chi connectivity index (χ2n) is 7.05. The van der Waals surface area contributed by atoms with Gasteiger partial charge in [-0.05, 0) is 33.1 Å². The van der Waals surface area contributed by atoms with E-state index in [0.29, 0.717) is 23.7 Å². The fourth-order valence-electron chi connectivity index (χ4n) is 3.34. The monoisotopic (exact) mass is 346 g/mol. The lowest BCUT2D eigenvalue weighted by molar-refractivity contribution is 0.627. The van der Waals surface area contributed by atoms with Crippen LogP contribution in [0.4, 0.5) is 5.95 Å². The first kappa shape index (κ1) is 17.5. The van der Waals surface area contributed by atoms with Gasteiger partial charge in [0.15, 0.2) is 11.2 Å². The first-order valence-electron chi connectivity index (χ1n) is 8.63. The highest BCUT2D eigenvalue weighted by atomic mass is 16.2. The highest BCUT2D eigenvalue weighted by Gasteiger charge is 2.26. The number of fused-ring (bicyclic) bond motifs is 1. The Labute approximate surface area is 146 Å². The summed E-state index contributed by atoms with van der Waals surface area (Å²) in [6.07, 6.45) is 5.06. The number of nitrogens with one attached hydrogen (secondary N) is 1. The van der Waals surface area contributed by atoms with Crippen molar-refractivity contribution in [2.75, 3.05) is 5.32 Å². The van der Waals surface area contributed by atoms with Crippen molar-refractivity contribution in [3.8, 4) is 0 Å². The number of aromatic nitrogens is 4. The zero-order valence-electron chi connectivity index (χ0n) is 15.2. The van der Waals surface area contributed by atoms with Crippen LogP contribution in [0.3, 0.4) is 0 Å². The van der Waals surface area contributed by atoms with E-state index in [4.69, 9.17) is 5.73 Å². The van der Waals surface area contributed by atoms with Crippen LogP contribution in [-0.2, 0) is 20.6 Å². The van der Waals surface area contributed by atoms with Gasteiger partial charge < -0.3 is 15.6 Å². The van der Waals surface area contributed by atoms with E-state index < -0.39 is 0 Å². The third-order valence-corrected chi connectivity index (χ3v) is 4.91. The van der Waals surface area contributed by atoms with E-state index in [1.54, 1.807) is 7.05 Å². The SMILES string of the molecule is CC(C)=CCn1c(N[C@@H]2CCC[C@H]2N)nc2c1c(=O)n(C)c(=O)n2C. The molecule has 25 heavy (non-hydrogen) atoms. The highest BCUT2D eigenvalue weighted by molar-refractivity contribution is 5.74. The molecular formula is C17H26N6O2. The van der Waals surface area contributed by atoms with Gasteiger partial charge in [-0.15, -0.1) is 0 Å². The molecule has 0 spiro atoms. The Morgan fingerprint density at radius 3 is 2.60 bits per heavy atom. The maximum atomic E-state index is 12.7. The second-order valence-corrected chi connectivity index (χ2v) is 7.05. The minimum atomic E-state index is -0.381. The number of hydrogen-bond acceptors (Lipinski definition) is 5. The Hall–Kier alpha value is -2.35. The quantitative estimate of drug-likeness (QED) is 0.794. The van der Waals surface area contributed by atoms with Crippen LogP contribution >= 0.6 is 0 Å². The largest absolute Gasteiger partial charge is 0.351 e. The average molecular weight is 346 g/mol. The van der Waals surface area contributed by atoms with Crippen LogP contribution < -0.4 is 22.3 Å². The Balaban J connectivity index is 2.21. The molecule has 0 radical (unpaired) electrons. The average Bonchev–Trinajstić information content (AvgIpc) is 3.13. The number of allylic oxidation sites excluding steroid dienone is 2. The number of nitrogens with zero attached hydrogens (tertiary/aromatic N) is 4. The maximum absolute atomic E-state index is 12.7. The first-order valence-corrected chi connectivity index (χ1v) is 8.63. The normalized spacial score (nSPS) is 20.2. The summed E-state index contributed by atoms with van der Waals surface area (Å²) in [6, 6.07) is 0.200. The van der Waals surface area contributed by atoms with Crippen LogP contribution in [0.15, 0.2) is 21.2 Å². The van der Waals surface area contributed by atoms with Gasteiger partial charge in [0, 0.05) is 32.7 Å². The first-order chi connectivity index (χ1) is 11.8. The summed E-state index contributed by atoms with van der Waals surface area (Å²) < 4.78 is 4.37. The van der Waals surface area contributed by atoms with E-state index in [1.165, 1.54) is 11.6 Å². The van der Waals surface area contributed by atoms with Gasteiger partial charge >= 0.3 is 5.69 Å². The number of rotatable bonds is 4. The molecule has 1 aliphatic carbocycles. The summed E-state index contributed by atoms with van der Waals surface area (Å²) in [4.78, 5) is 29.5. The zero-order chi connectivity index (χ0) is 18.3.